The number of hydrogen-bond donors (Lipinski definition) is 0. The number of aromatic nitrogens is 1. The van der Waals surface area contributed by atoms with Gasteiger partial charge < -0.3 is 9.42 Å². The molecule has 1 saturated heterocycles. The van der Waals surface area contributed by atoms with Gasteiger partial charge in [-0.1, -0.05) is 58.7 Å². The Balaban J connectivity index is 1.35. The van der Waals surface area contributed by atoms with Crippen molar-refractivity contribution in [1.29, 1.82) is 0 Å². The Kier molecular flexibility index (Phi) is 5.46. The van der Waals surface area contributed by atoms with E-state index in [0.717, 1.165) is 30.2 Å². The molecule has 0 atom stereocenters. The molecule has 2 heterocycles. The van der Waals surface area contributed by atoms with E-state index >= 15 is 0 Å². The minimum Gasteiger partial charge on any atom is -0.355 e. The summed E-state index contributed by atoms with van der Waals surface area (Å²) in [7, 11) is 0. The standard InChI is InChI=1S/C22H22ClN3O2/c1-16-2-6-18(7-3-16)21-14-20(24-28-21)22(27)26-12-10-25(11-13-26)15-17-4-8-19(23)9-5-17/h2-9,14H,10-13,15H2,1H3. The van der Waals surface area contributed by atoms with Crippen LogP contribution >= 0.6 is 11.6 Å². The summed E-state index contributed by atoms with van der Waals surface area (Å²) in [6.07, 6.45) is 0. The van der Waals surface area contributed by atoms with Gasteiger partial charge in [0.05, 0.1) is 0 Å². The van der Waals surface area contributed by atoms with Crippen molar-refractivity contribution in [2.24, 2.45) is 0 Å². The maximum absolute atomic E-state index is 12.8. The zero-order chi connectivity index (χ0) is 19.5. The van der Waals surface area contributed by atoms with E-state index in [-0.39, 0.29) is 5.91 Å². The van der Waals surface area contributed by atoms with Gasteiger partial charge >= 0.3 is 0 Å². The van der Waals surface area contributed by atoms with E-state index in [2.05, 4.69) is 10.1 Å². The maximum Gasteiger partial charge on any atom is 0.276 e. The zero-order valence-electron chi connectivity index (χ0n) is 15.8. The maximum atomic E-state index is 12.8. The van der Waals surface area contributed by atoms with Crippen LogP contribution < -0.4 is 0 Å². The molecular weight excluding hydrogens is 374 g/mol. The predicted molar refractivity (Wildman–Crippen MR) is 109 cm³/mol. The molecule has 1 amide bonds. The number of piperazine rings is 1. The first-order valence-electron chi connectivity index (χ1n) is 9.38. The van der Waals surface area contributed by atoms with Crippen molar-refractivity contribution in [2.45, 2.75) is 13.5 Å². The van der Waals surface area contributed by atoms with E-state index in [1.54, 1.807) is 6.07 Å². The van der Waals surface area contributed by atoms with Crippen LogP contribution in [0.15, 0.2) is 59.1 Å². The summed E-state index contributed by atoms with van der Waals surface area (Å²) >= 11 is 5.94. The van der Waals surface area contributed by atoms with Crippen molar-refractivity contribution in [1.82, 2.24) is 15.0 Å². The van der Waals surface area contributed by atoms with Crippen molar-refractivity contribution in [3.8, 4) is 11.3 Å². The van der Waals surface area contributed by atoms with E-state index in [1.165, 1.54) is 11.1 Å². The summed E-state index contributed by atoms with van der Waals surface area (Å²) in [4.78, 5) is 17.0. The molecule has 144 valence electrons. The van der Waals surface area contributed by atoms with Crippen molar-refractivity contribution < 1.29 is 9.32 Å². The second kappa shape index (κ2) is 8.17. The fraction of sp³-hybridized carbons (Fsp3) is 0.273. The fourth-order valence-electron chi connectivity index (χ4n) is 3.35. The molecule has 3 aromatic rings. The van der Waals surface area contributed by atoms with Crippen LogP contribution in [0.2, 0.25) is 5.02 Å². The third-order valence-corrected chi connectivity index (χ3v) is 5.30. The van der Waals surface area contributed by atoms with Gasteiger partial charge in [0.2, 0.25) is 0 Å². The molecule has 0 spiro atoms. The van der Waals surface area contributed by atoms with Gasteiger partial charge in [-0.15, -0.1) is 0 Å². The van der Waals surface area contributed by atoms with Crippen LogP contribution in [0.5, 0.6) is 0 Å². The Morgan fingerprint density at radius 2 is 1.71 bits per heavy atom. The highest BCUT2D eigenvalue weighted by Gasteiger charge is 2.24. The molecule has 1 fully saturated rings. The Morgan fingerprint density at radius 3 is 2.39 bits per heavy atom. The van der Waals surface area contributed by atoms with E-state index in [0.29, 0.717) is 24.5 Å². The summed E-state index contributed by atoms with van der Waals surface area (Å²) in [5, 5.41) is 4.74. The number of halogens is 1. The summed E-state index contributed by atoms with van der Waals surface area (Å²) in [5.41, 5.74) is 3.69. The molecule has 0 radical (unpaired) electrons. The smallest absolute Gasteiger partial charge is 0.276 e. The second-order valence-electron chi connectivity index (χ2n) is 7.14. The van der Waals surface area contributed by atoms with Gasteiger partial charge in [-0.3, -0.25) is 9.69 Å². The number of carbonyl (C=O) groups is 1. The average Bonchev–Trinajstić information content (AvgIpc) is 3.20. The Labute approximate surface area is 169 Å². The number of hydrogen-bond acceptors (Lipinski definition) is 4. The molecule has 6 heteroatoms. The Morgan fingerprint density at radius 1 is 1.04 bits per heavy atom. The zero-order valence-corrected chi connectivity index (χ0v) is 16.5. The van der Waals surface area contributed by atoms with Gasteiger partial charge in [0.15, 0.2) is 11.5 Å². The number of rotatable bonds is 4. The molecular formula is C22H22ClN3O2. The van der Waals surface area contributed by atoms with Crippen LogP contribution in [0.3, 0.4) is 0 Å². The largest absolute Gasteiger partial charge is 0.355 e. The van der Waals surface area contributed by atoms with E-state index in [1.807, 2.05) is 60.4 Å². The van der Waals surface area contributed by atoms with Crippen LogP contribution in [0, 0.1) is 6.92 Å². The quantitative estimate of drug-likeness (QED) is 0.662. The van der Waals surface area contributed by atoms with E-state index < -0.39 is 0 Å². The van der Waals surface area contributed by atoms with Crippen molar-refractivity contribution >= 4 is 17.5 Å². The molecule has 1 aliphatic rings. The first-order valence-corrected chi connectivity index (χ1v) is 9.76. The normalized spacial score (nSPS) is 15.0. The number of nitrogens with zero attached hydrogens (tertiary/aromatic N) is 3. The van der Waals surface area contributed by atoms with Crippen LogP contribution in [0.25, 0.3) is 11.3 Å². The molecule has 5 nitrogen and oxygen atoms in total. The van der Waals surface area contributed by atoms with Gasteiger partial charge in [-0.05, 0) is 24.6 Å². The highest BCUT2D eigenvalue weighted by Crippen LogP contribution is 2.22. The minimum absolute atomic E-state index is 0.0757. The van der Waals surface area contributed by atoms with Crippen molar-refractivity contribution in [3.05, 3.63) is 76.4 Å². The first kappa shape index (κ1) is 18.7. The molecule has 2 aromatic carbocycles. The molecule has 1 aliphatic heterocycles. The van der Waals surface area contributed by atoms with Crippen LogP contribution in [0.1, 0.15) is 21.6 Å². The lowest BCUT2D eigenvalue weighted by atomic mass is 10.1. The molecule has 0 saturated carbocycles. The summed E-state index contributed by atoms with van der Waals surface area (Å²) in [6, 6.07) is 17.6. The summed E-state index contributed by atoms with van der Waals surface area (Å²) in [6.45, 7) is 5.92. The molecule has 28 heavy (non-hydrogen) atoms. The number of aryl methyl sites for hydroxylation is 1. The average molecular weight is 396 g/mol. The van der Waals surface area contributed by atoms with Gasteiger partial charge in [-0.25, -0.2) is 0 Å². The lowest BCUT2D eigenvalue weighted by molar-refractivity contribution is 0.0618. The van der Waals surface area contributed by atoms with Gasteiger partial charge in [-0.2, -0.15) is 0 Å². The Hall–Kier alpha value is -2.63. The second-order valence-corrected chi connectivity index (χ2v) is 7.57. The number of amides is 1. The van der Waals surface area contributed by atoms with Crippen molar-refractivity contribution in [3.63, 3.8) is 0 Å². The molecule has 0 bridgehead atoms. The lowest BCUT2D eigenvalue weighted by Crippen LogP contribution is -2.48. The van der Waals surface area contributed by atoms with Gasteiger partial charge in [0.1, 0.15) is 0 Å². The van der Waals surface area contributed by atoms with E-state index in [4.69, 9.17) is 16.1 Å². The van der Waals surface area contributed by atoms with Gasteiger partial charge in [0, 0.05) is 49.4 Å². The summed E-state index contributed by atoms with van der Waals surface area (Å²) < 4.78 is 5.39. The lowest BCUT2D eigenvalue weighted by Gasteiger charge is -2.34. The van der Waals surface area contributed by atoms with E-state index in [9.17, 15) is 4.79 Å². The molecule has 0 aliphatic carbocycles. The summed E-state index contributed by atoms with van der Waals surface area (Å²) in [5.74, 6) is 0.540. The predicted octanol–water partition coefficient (Wildman–Crippen LogP) is 4.26. The first-order chi connectivity index (χ1) is 13.6. The number of carbonyl (C=O) groups excluding carboxylic acids is 1. The third kappa shape index (κ3) is 4.26. The minimum atomic E-state index is -0.0757. The van der Waals surface area contributed by atoms with Crippen molar-refractivity contribution in [2.75, 3.05) is 26.2 Å². The monoisotopic (exact) mass is 395 g/mol. The SMILES string of the molecule is Cc1ccc(-c2cc(C(=O)N3CCN(Cc4ccc(Cl)cc4)CC3)no2)cc1. The molecule has 4 rings (SSSR count). The van der Waals surface area contributed by atoms with Crippen LogP contribution in [-0.4, -0.2) is 47.0 Å². The topological polar surface area (TPSA) is 49.6 Å². The molecule has 0 unspecified atom stereocenters. The highest BCUT2D eigenvalue weighted by atomic mass is 35.5. The molecule has 1 aromatic heterocycles. The molecule has 0 N–H and O–H groups in total. The number of benzene rings is 2. The highest BCUT2D eigenvalue weighted by molar-refractivity contribution is 6.30. The van der Waals surface area contributed by atoms with Gasteiger partial charge in [0.25, 0.3) is 5.91 Å². The van der Waals surface area contributed by atoms with Crippen LogP contribution in [-0.2, 0) is 6.54 Å². The Bertz CT molecular complexity index is 943. The third-order valence-electron chi connectivity index (χ3n) is 5.04. The fourth-order valence-corrected chi connectivity index (χ4v) is 3.47. The van der Waals surface area contributed by atoms with Crippen LogP contribution in [0.4, 0.5) is 0 Å².